The fourth-order valence-electron chi connectivity index (χ4n) is 3.10. The lowest BCUT2D eigenvalue weighted by molar-refractivity contribution is -0.117. The van der Waals surface area contributed by atoms with Gasteiger partial charge in [-0.15, -0.1) is 0 Å². The zero-order valence-corrected chi connectivity index (χ0v) is 11.4. The van der Waals surface area contributed by atoms with Crippen LogP contribution in [0.3, 0.4) is 0 Å². The Morgan fingerprint density at radius 3 is 2.65 bits per heavy atom. The first-order valence-electron chi connectivity index (χ1n) is 7.26. The summed E-state index contributed by atoms with van der Waals surface area (Å²) >= 11 is 0. The molecule has 3 nitrogen and oxygen atoms in total. The maximum atomic E-state index is 12.3. The van der Waals surface area contributed by atoms with Gasteiger partial charge >= 0.3 is 0 Å². The van der Waals surface area contributed by atoms with Crippen molar-refractivity contribution in [2.75, 3.05) is 24.5 Å². The maximum Gasteiger partial charge on any atom is 0.240 e. The van der Waals surface area contributed by atoms with Crippen molar-refractivity contribution in [2.24, 2.45) is 5.41 Å². The van der Waals surface area contributed by atoms with Crippen LogP contribution in [0.15, 0.2) is 42.5 Å². The number of nitrogens with one attached hydrogen (secondary N) is 1. The van der Waals surface area contributed by atoms with Crippen LogP contribution in [0.2, 0.25) is 0 Å². The third-order valence-electron chi connectivity index (χ3n) is 4.57. The number of fused-ring (bicyclic) bond motifs is 1. The van der Waals surface area contributed by atoms with Crippen molar-refractivity contribution in [2.45, 2.75) is 12.8 Å². The van der Waals surface area contributed by atoms with E-state index in [1.165, 1.54) is 23.6 Å². The van der Waals surface area contributed by atoms with Gasteiger partial charge in [-0.3, -0.25) is 4.79 Å². The van der Waals surface area contributed by atoms with Crippen molar-refractivity contribution in [3.63, 3.8) is 0 Å². The van der Waals surface area contributed by atoms with E-state index in [1.54, 1.807) is 0 Å². The summed E-state index contributed by atoms with van der Waals surface area (Å²) in [6.45, 7) is 2.29. The van der Waals surface area contributed by atoms with E-state index in [0.29, 0.717) is 12.0 Å². The molecule has 0 unspecified atom stereocenters. The molecule has 1 heterocycles. The smallest absolute Gasteiger partial charge is 0.240 e. The summed E-state index contributed by atoms with van der Waals surface area (Å²) in [4.78, 5) is 14.3. The van der Waals surface area contributed by atoms with Gasteiger partial charge < -0.3 is 10.2 Å². The molecule has 20 heavy (non-hydrogen) atoms. The van der Waals surface area contributed by atoms with Crippen molar-refractivity contribution in [1.29, 1.82) is 0 Å². The van der Waals surface area contributed by atoms with E-state index in [2.05, 4.69) is 35.6 Å². The summed E-state index contributed by atoms with van der Waals surface area (Å²) in [6, 6.07) is 14.6. The average molecular weight is 266 g/mol. The van der Waals surface area contributed by atoms with E-state index >= 15 is 0 Å². The number of amides is 1. The largest absolute Gasteiger partial charge is 0.311 e. The Labute approximate surface area is 118 Å². The molecule has 4 rings (SSSR count). The molecule has 1 spiro atoms. The van der Waals surface area contributed by atoms with Gasteiger partial charge in [-0.1, -0.05) is 30.3 Å². The highest BCUT2D eigenvalue weighted by Gasteiger charge is 2.46. The Hall–Kier alpha value is -1.87. The van der Waals surface area contributed by atoms with Crippen molar-refractivity contribution >= 4 is 22.4 Å². The van der Waals surface area contributed by atoms with Crippen LogP contribution < -0.4 is 10.2 Å². The minimum atomic E-state index is 0.184. The molecule has 1 aliphatic heterocycles. The number of benzene rings is 2. The van der Waals surface area contributed by atoms with Crippen LogP contribution in [0, 0.1) is 5.41 Å². The number of nitrogens with zero attached hydrogens (tertiary/aromatic N) is 1. The van der Waals surface area contributed by atoms with Crippen LogP contribution in [-0.2, 0) is 4.79 Å². The molecule has 2 fully saturated rings. The first-order chi connectivity index (χ1) is 9.76. The summed E-state index contributed by atoms with van der Waals surface area (Å²) in [5, 5.41) is 5.71. The molecule has 1 saturated carbocycles. The Bertz CT molecular complexity index is 675. The summed E-state index contributed by atoms with van der Waals surface area (Å²) in [5.41, 5.74) is 1.36. The van der Waals surface area contributed by atoms with Crippen LogP contribution in [-0.4, -0.2) is 25.5 Å². The predicted octanol–water partition coefficient (Wildman–Crippen LogP) is 2.56. The number of rotatable bonds is 1. The van der Waals surface area contributed by atoms with Gasteiger partial charge in [0.05, 0.1) is 6.54 Å². The molecular weight excluding hydrogens is 248 g/mol. The summed E-state index contributed by atoms with van der Waals surface area (Å²) in [5.74, 6) is 0.184. The first-order valence-corrected chi connectivity index (χ1v) is 7.26. The number of hydrogen-bond acceptors (Lipinski definition) is 2. The van der Waals surface area contributed by atoms with Gasteiger partial charge in [0.2, 0.25) is 5.91 Å². The molecule has 1 aliphatic carbocycles. The van der Waals surface area contributed by atoms with E-state index in [0.717, 1.165) is 18.8 Å². The van der Waals surface area contributed by atoms with Crippen molar-refractivity contribution < 1.29 is 4.79 Å². The van der Waals surface area contributed by atoms with Gasteiger partial charge in [-0.25, -0.2) is 0 Å². The highest BCUT2D eigenvalue weighted by molar-refractivity contribution is 5.97. The Kier molecular flexibility index (Phi) is 2.57. The van der Waals surface area contributed by atoms with Gasteiger partial charge in [0.1, 0.15) is 0 Å². The molecule has 0 bridgehead atoms. The topological polar surface area (TPSA) is 32.3 Å². The van der Waals surface area contributed by atoms with E-state index < -0.39 is 0 Å². The first kappa shape index (κ1) is 11.9. The second kappa shape index (κ2) is 4.32. The van der Waals surface area contributed by atoms with Gasteiger partial charge in [0.15, 0.2) is 0 Å². The fourth-order valence-corrected chi connectivity index (χ4v) is 3.10. The molecule has 1 saturated heterocycles. The Balaban J connectivity index is 1.74. The molecule has 1 amide bonds. The zero-order chi connectivity index (χ0) is 13.6. The molecule has 0 atom stereocenters. The SMILES string of the molecule is O=C1CNCC2(CC2)CN1c1ccc2ccccc2c1. The minimum absolute atomic E-state index is 0.184. The van der Waals surface area contributed by atoms with Gasteiger partial charge in [0.25, 0.3) is 0 Å². The lowest BCUT2D eigenvalue weighted by Gasteiger charge is -2.24. The molecule has 3 heteroatoms. The average Bonchev–Trinajstić information content (AvgIpc) is 3.26. The predicted molar refractivity (Wildman–Crippen MR) is 80.8 cm³/mol. The third-order valence-corrected chi connectivity index (χ3v) is 4.57. The quantitative estimate of drug-likeness (QED) is 0.860. The fraction of sp³-hybridized carbons (Fsp3) is 0.353. The lowest BCUT2D eigenvalue weighted by Crippen LogP contribution is -2.36. The van der Waals surface area contributed by atoms with Crippen LogP contribution in [0.5, 0.6) is 0 Å². The number of carbonyl (C=O) groups is 1. The monoisotopic (exact) mass is 266 g/mol. The second-order valence-corrected chi connectivity index (χ2v) is 6.11. The minimum Gasteiger partial charge on any atom is -0.311 e. The number of anilines is 1. The van der Waals surface area contributed by atoms with E-state index in [9.17, 15) is 4.79 Å². The molecule has 2 aliphatic rings. The Morgan fingerprint density at radius 1 is 1.05 bits per heavy atom. The zero-order valence-electron chi connectivity index (χ0n) is 11.4. The molecule has 2 aromatic rings. The van der Waals surface area contributed by atoms with Crippen LogP contribution in [0.25, 0.3) is 10.8 Å². The van der Waals surface area contributed by atoms with Crippen LogP contribution in [0.1, 0.15) is 12.8 Å². The lowest BCUT2D eigenvalue weighted by atomic mass is 10.1. The number of hydrogen-bond donors (Lipinski definition) is 1. The van der Waals surface area contributed by atoms with E-state index in [-0.39, 0.29) is 5.91 Å². The van der Waals surface area contributed by atoms with Crippen molar-refractivity contribution in [1.82, 2.24) is 5.32 Å². The molecule has 0 aromatic heterocycles. The molecule has 0 radical (unpaired) electrons. The molecular formula is C17H18N2O. The summed E-state index contributed by atoms with van der Waals surface area (Å²) < 4.78 is 0. The van der Waals surface area contributed by atoms with Crippen LogP contribution >= 0.6 is 0 Å². The van der Waals surface area contributed by atoms with Crippen molar-refractivity contribution in [3.05, 3.63) is 42.5 Å². The van der Waals surface area contributed by atoms with Gasteiger partial charge in [-0.2, -0.15) is 0 Å². The molecule has 1 N–H and O–H groups in total. The highest BCUT2D eigenvalue weighted by atomic mass is 16.2. The normalized spacial score (nSPS) is 21.2. The summed E-state index contributed by atoms with van der Waals surface area (Å²) in [6.07, 6.45) is 2.47. The van der Waals surface area contributed by atoms with Crippen molar-refractivity contribution in [3.8, 4) is 0 Å². The molecule has 102 valence electrons. The third kappa shape index (κ3) is 1.98. The van der Waals surface area contributed by atoms with Gasteiger partial charge in [-0.05, 0) is 35.7 Å². The number of carbonyl (C=O) groups excluding carboxylic acids is 1. The highest BCUT2D eigenvalue weighted by Crippen LogP contribution is 2.47. The molecule has 2 aromatic carbocycles. The van der Waals surface area contributed by atoms with Crippen LogP contribution in [0.4, 0.5) is 5.69 Å². The standard InChI is InChI=1S/C17H18N2O/c20-16-10-18-11-17(7-8-17)12-19(16)15-6-5-13-3-1-2-4-14(13)9-15/h1-6,9,18H,7-8,10-12H2. The van der Waals surface area contributed by atoms with E-state index in [4.69, 9.17) is 0 Å². The van der Waals surface area contributed by atoms with E-state index in [1.807, 2.05) is 17.0 Å². The summed E-state index contributed by atoms with van der Waals surface area (Å²) in [7, 11) is 0. The Morgan fingerprint density at radius 2 is 1.85 bits per heavy atom. The second-order valence-electron chi connectivity index (χ2n) is 6.11. The van der Waals surface area contributed by atoms with Gasteiger partial charge in [0, 0.05) is 24.2 Å². The maximum absolute atomic E-state index is 12.3.